The van der Waals surface area contributed by atoms with Gasteiger partial charge in [-0.2, -0.15) is 0 Å². The Balaban J connectivity index is 2.98. The standard InChI is InChI=1S/C18H26O3S/c1-3-14(10-8-9-13-16(19)20)18(4-2,17(21)22)15-11-6-5-7-12-15/h5-7,11-12,14H,3-4,8-10,13H2,1-2H3,(H,19,20)(H,21,22). The zero-order valence-electron chi connectivity index (χ0n) is 13.4. The molecule has 1 aromatic carbocycles. The van der Waals surface area contributed by atoms with Crippen molar-refractivity contribution in [3.8, 4) is 0 Å². The second-order valence-corrected chi connectivity index (χ2v) is 6.13. The summed E-state index contributed by atoms with van der Waals surface area (Å²) in [6.07, 6.45) is 4.21. The van der Waals surface area contributed by atoms with E-state index >= 15 is 0 Å². The largest absolute Gasteiger partial charge is 0.501 e. The second-order valence-electron chi connectivity index (χ2n) is 5.74. The van der Waals surface area contributed by atoms with Crippen molar-refractivity contribution in [2.45, 2.75) is 57.8 Å². The molecule has 0 bridgehead atoms. The molecule has 2 atom stereocenters. The summed E-state index contributed by atoms with van der Waals surface area (Å²) in [5, 5.41) is 19.1. The van der Waals surface area contributed by atoms with Crippen LogP contribution in [0, 0.1) is 5.92 Å². The summed E-state index contributed by atoms with van der Waals surface area (Å²) in [5.41, 5.74) is 0.532. The molecule has 0 saturated heterocycles. The van der Waals surface area contributed by atoms with E-state index in [-0.39, 0.29) is 17.4 Å². The maximum atomic E-state index is 10.6. The highest BCUT2D eigenvalue weighted by atomic mass is 32.1. The van der Waals surface area contributed by atoms with Crippen LogP contribution >= 0.6 is 12.2 Å². The lowest BCUT2D eigenvalue weighted by molar-refractivity contribution is -0.137. The highest BCUT2D eigenvalue weighted by Gasteiger charge is 2.41. The van der Waals surface area contributed by atoms with E-state index in [2.05, 4.69) is 13.8 Å². The van der Waals surface area contributed by atoms with Crippen molar-refractivity contribution in [3.05, 3.63) is 35.9 Å². The lowest BCUT2D eigenvalue weighted by atomic mass is 9.66. The Morgan fingerprint density at radius 1 is 1.18 bits per heavy atom. The van der Waals surface area contributed by atoms with Crippen LogP contribution in [-0.2, 0) is 10.2 Å². The van der Waals surface area contributed by atoms with Gasteiger partial charge >= 0.3 is 5.97 Å². The third-order valence-electron chi connectivity index (χ3n) is 4.61. The molecule has 2 unspecified atom stereocenters. The lowest BCUT2D eigenvalue weighted by Crippen LogP contribution is -2.41. The molecule has 0 fully saturated rings. The Morgan fingerprint density at radius 3 is 2.27 bits per heavy atom. The van der Waals surface area contributed by atoms with E-state index in [1.54, 1.807) is 0 Å². The van der Waals surface area contributed by atoms with E-state index < -0.39 is 11.4 Å². The minimum Gasteiger partial charge on any atom is -0.501 e. The van der Waals surface area contributed by atoms with E-state index in [0.29, 0.717) is 6.42 Å². The SMILES string of the molecule is CCC(CCCCC(=O)O)C(CC)(C(O)=S)c1ccccc1. The summed E-state index contributed by atoms with van der Waals surface area (Å²) >= 11 is 5.23. The van der Waals surface area contributed by atoms with Crippen molar-refractivity contribution in [1.29, 1.82) is 0 Å². The molecule has 0 aromatic heterocycles. The van der Waals surface area contributed by atoms with Crippen LogP contribution in [0.1, 0.15) is 57.9 Å². The molecule has 0 spiro atoms. The minimum absolute atomic E-state index is 0.0475. The van der Waals surface area contributed by atoms with Crippen molar-refractivity contribution < 1.29 is 15.0 Å². The fraction of sp³-hybridized carbons (Fsp3) is 0.556. The van der Waals surface area contributed by atoms with Gasteiger partial charge in [-0.15, -0.1) is 0 Å². The van der Waals surface area contributed by atoms with Crippen LogP contribution in [0.2, 0.25) is 0 Å². The number of rotatable bonds is 10. The van der Waals surface area contributed by atoms with E-state index in [0.717, 1.165) is 31.2 Å². The van der Waals surface area contributed by atoms with Gasteiger partial charge in [0.2, 0.25) is 0 Å². The number of carboxylic acid groups (broad SMARTS) is 1. The first-order valence-electron chi connectivity index (χ1n) is 7.99. The van der Waals surface area contributed by atoms with Crippen LogP contribution in [0.4, 0.5) is 0 Å². The van der Waals surface area contributed by atoms with Gasteiger partial charge in [-0.3, -0.25) is 4.79 Å². The molecule has 1 rings (SSSR count). The second kappa shape index (κ2) is 8.89. The van der Waals surface area contributed by atoms with Crippen LogP contribution in [0.15, 0.2) is 30.3 Å². The average Bonchev–Trinajstić information content (AvgIpc) is 2.51. The number of carbonyl (C=O) groups is 1. The number of thiocarbonyl (C=S) groups is 1. The number of aliphatic hydroxyl groups is 1. The number of aliphatic hydroxyl groups excluding tert-OH is 1. The lowest BCUT2D eigenvalue weighted by Gasteiger charge is -2.39. The fourth-order valence-electron chi connectivity index (χ4n) is 3.38. The number of aliphatic carboxylic acids is 1. The topological polar surface area (TPSA) is 57.5 Å². The van der Waals surface area contributed by atoms with Gasteiger partial charge in [0.05, 0.1) is 5.41 Å². The highest BCUT2D eigenvalue weighted by Crippen LogP contribution is 2.41. The van der Waals surface area contributed by atoms with Crippen molar-refractivity contribution >= 4 is 23.2 Å². The van der Waals surface area contributed by atoms with Gasteiger partial charge in [0.25, 0.3) is 0 Å². The normalized spacial score (nSPS) is 15.0. The molecule has 0 radical (unpaired) electrons. The minimum atomic E-state index is -0.754. The maximum absolute atomic E-state index is 10.6. The van der Waals surface area contributed by atoms with E-state index in [1.807, 2.05) is 30.3 Å². The van der Waals surface area contributed by atoms with Crippen LogP contribution in [0.5, 0.6) is 0 Å². The van der Waals surface area contributed by atoms with Gasteiger partial charge in [0.15, 0.2) is 5.05 Å². The van der Waals surface area contributed by atoms with E-state index in [4.69, 9.17) is 17.3 Å². The molecule has 1 aromatic rings. The molecule has 2 N–H and O–H groups in total. The molecule has 0 aliphatic heterocycles. The fourth-order valence-corrected chi connectivity index (χ4v) is 3.81. The Morgan fingerprint density at radius 2 is 1.82 bits per heavy atom. The van der Waals surface area contributed by atoms with Gasteiger partial charge in [-0.05, 0) is 43.0 Å². The third-order valence-corrected chi connectivity index (χ3v) is 4.98. The van der Waals surface area contributed by atoms with Crippen molar-refractivity contribution in [1.82, 2.24) is 0 Å². The number of hydrogen-bond donors (Lipinski definition) is 2. The quantitative estimate of drug-likeness (QED) is 0.475. The van der Waals surface area contributed by atoms with Gasteiger partial charge in [-0.1, -0.05) is 57.0 Å². The molecule has 0 heterocycles. The van der Waals surface area contributed by atoms with Crippen molar-refractivity contribution in [2.75, 3.05) is 0 Å². The van der Waals surface area contributed by atoms with Crippen LogP contribution in [0.25, 0.3) is 0 Å². The number of benzene rings is 1. The smallest absolute Gasteiger partial charge is 0.303 e. The van der Waals surface area contributed by atoms with Gasteiger partial charge in [0.1, 0.15) is 0 Å². The molecule has 22 heavy (non-hydrogen) atoms. The summed E-state index contributed by atoms with van der Waals surface area (Å²) in [4.78, 5) is 10.6. The number of carboxylic acids is 1. The first-order valence-corrected chi connectivity index (χ1v) is 8.40. The molecular formula is C18H26O3S. The van der Waals surface area contributed by atoms with Crippen molar-refractivity contribution in [2.24, 2.45) is 5.92 Å². The Labute approximate surface area is 138 Å². The number of unbranched alkanes of at least 4 members (excludes halogenated alkanes) is 1. The molecule has 122 valence electrons. The van der Waals surface area contributed by atoms with Gasteiger partial charge in [-0.25, -0.2) is 0 Å². The Hall–Kier alpha value is -1.42. The predicted octanol–water partition coefficient (Wildman–Crippen LogP) is 4.89. The highest BCUT2D eigenvalue weighted by molar-refractivity contribution is 7.80. The summed E-state index contributed by atoms with van der Waals surface area (Å²) in [6.45, 7) is 4.16. The molecule has 3 nitrogen and oxygen atoms in total. The summed E-state index contributed by atoms with van der Waals surface area (Å²) in [5.74, 6) is -0.540. The van der Waals surface area contributed by atoms with E-state index in [9.17, 15) is 9.90 Å². The van der Waals surface area contributed by atoms with Crippen LogP contribution < -0.4 is 0 Å². The third kappa shape index (κ3) is 4.29. The van der Waals surface area contributed by atoms with E-state index in [1.165, 1.54) is 0 Å². The molecule has 0 amide bonds. The zero-order chi connectivity index (χ0) is 16.6. The average molecular weight is 322 g/mol. The molecule has 0 aliphatic rings. The molecule has 0 saturated carbocycles. The number of hydrogen-bond acceptors (Lipinski definition) is 2. The summed E-state index contributed by atoms with van der Waals surface area (Å²) in [7, 11) is 0. The Bertz CT molecular complexity index is 486. The van der Waals surface area contributed by atoms with Crippen LogP contribution in [0.3, 0.4) is 0 Å². The van der Waals surface area contributed by atoms with Gasteiger partial charge in [0, 0.05) is 6.42 Å². The van der Waals surface area contributed by atoms with Crippen molar-refractivity contribution in [3.63, 3.8) is 0 Å². The Kier molecular flexibility index (Phi) is 7.52. The summed E-state index contributed by atoms with van der Waals surface area (Å²) < 4.78 is 0. The molecule has 0 aliphatic carbocycles. The monoisotopic (exact) mass is 322 g/mol. The maximum Gasteiger partial charge on any atom is 0.303 e. The predicted molar refractivity (Wildman–Crippen MR) is 93.5 cm³/mol. The summed E-state index contributed by atoms with van der Waals surface area (Å²) in [6, 6.07) is 9.93. The molecule has 4 heteroatoms. The first-order chi connectivity index (χ1) is 10.5. The van der Waals surface area contributed by atoms with Gasteiger partial charge < -0.3 is 10.2 Å². The first kappa shape index (κ1) is 18.6. The molecular weight excluding hydrogens is 296 g/mol. The van der Waals surface area contributed by atoms with Crippen LogP contribution in [-0.4, -0.2) is 21.2 Å². The zero-order valence-corrected chi connectivity index (χ0v) is 14.2.